The number of hydrogen-bond donors (Lipinski definition) is 0. The SMILES string of the molecule is Cc1ccc(Cl)cc1N1CCN(C(=O)CN2C(=O)COc3ccc(Cl)cc32)CC1. The lowest BCUT2D eigenvalue weighted by molar-refractivity contribution is -0.132. The molecule has 0 unspecified atom stereocenters. The number of anilines is 2. The summed E-state index contributed by atoms with van der Waals surface area (Å²) in [6.07, 6.45) is 0. The van der Waals surface area contributed by atoms with E-state index in [1.807, 2.05) is 18.2 Å². The van der Waals surface area contributed by atoms with Crippen molar-refractivity contribution in [3.8, 4) is 5.75 Å². The van der Waals surface area contributed by atoms with Crippen LogP contribution < -0.4 is 14.5 Å². The van der Waals surface area contributed by atoms with Crippen LogP contribution in [0.2, 0.25) is 10.0 Å². The second-order valence-corrected chi connectivity index (χ2v) is 8.05. The van der Waals surface area contributed by atoms with Gasteiger partial charge in [-0.25, -0.2) is 0 Å². The van der Waals surface area contributed by atoms with Crippen LogP contribution in [0.1, 0.15) is 5.56 Å². The smallest absolute Gasteiger partial charge is 0.265 e. The summed E-state index contributed by atoms with van der Waals surface area (Å²) in [4.78, 5) is 30.7. The second kappa shape index (κ2) is 8.13. The molecule has 2 heterocycles. The van der Waals surface area contributed by atoms with Crippen molar-refractivity contribution in [3.63, 3.8) is 0 Å². The van der Waals surface area contributed by atoms with E-state index in [1.54, 1.807) is 23.1 Å². The van der Waals surface area contributed by atoms with Crippen LogP contribution in [-0.4, -0.2) is 56.0 Å². The molecule has 8 heteroatoms. The number of aryl methyl sites for hydroxylation is 1. The number of carbonyl (C=O) groups is 2. The first-order chi connectivity index (χ1) is 13.9. The Morgan fingerprint density at radius 3 is 2.38 bits per heavy atom. The zero-order valence-electron chi connectivity index (χ0n) is 16.0. The van der Waals surface area contributed by atoms with Crippen LogP contribution >= 0.6 is 23.2 Å². The number of amides is 2. The maximum Gasteiger partial charge on any atom is 0.265 e. The van der Waals surface area contributed by atoms with Crippen molar-refractivity contribution in [1.29, 1.82) is 0 Å². The van der Waals surface area contributed by atoms with Gasteiger partial charge in [0.15, 0.2) is 6.61 Å². The summed E-state index contributed by atoms with van der Waals surface area (Å²) in [7, 11) is 0. The molecule has 2 aromatic rings. The van der Waals surface area contributed by atoms with Gasteiger partial charge in [-0.2, -0.15) is 0 Å². The van der Waals surface area contributed by atoms with Crippen LogP contribution in [0.25, 0.3) is 0 Å². The quantitative estimate of drug-likeness (QED) is 0.744. The first-order valence-electron chi connectivity index (χ1n) is 9.44. The molecule has 0 spiro atoms. The lowest BCUT2D eigenvalue weighted by Gasteiger charge is -2.38. The Kier molecular flexibility index (Phi) is 5.56. The first-order valence-corrected chi connectivity index (χ1v) is 10.2. The van der Waals surface area contributed by atoms with Crippen LogP contribution in [0, 0.1) is 6.92 Å². The highest BCUT2D eigenvalue weighted by atomic mass is 35.5. The molecule has 2 amide bonds. The standard InChI is InChI=1S/C21H21Cl2N3O3/c1-14-2-3-15(22)10-17(14)24-6-8-25(9-7-24)20(27)12-26-18-11-16(23)4-5-19(18)29-13-21(26)28/h2-5,10-11H,6-9,12-13H2,1H3. The van der Waals surface area contributed by atoms with E-state index >= 15 is 0 Å². The van der Waals surface area contributed by atoms with Gasteiger partial charge in [0.25, 0.3) is 5.91 Å². The molecule has 2 aliphatic heterocycles. The molecule has 0 N–H and O–H groups in total. The van der Waals surface area contributed by atoms with Crippen LogP contribution in [-0.2, 0) is 9.59 Å². The molecule has 4 rings (SSSR count). The Bertz CT molecular complexity index is 958. The molecule has 0 aliphatic carbocycles. The minimum absolute atomic E-state index is 0.0221. The Balaban J connectivity index is 1.42. The fourth-order valence-corrected chi connectivity index (χ4v) is 4.04. The molecule has 1 fully saturated rings. The minimum Gasteiger partial charge on any atom is -0.482 e. The highest BCUT2D eigenvalue weighted by Crippen LogP contribution is 2.34. The number of ether oxygens (including phenoxy) is 1. The summed E-state index contributed by atoms with van der Waals surface area (Å²) >= 11 is 12.2. The van der Waals surface area contributed by atoms with Gasteiger partial charge in [-0.05, 0) is 42.8 Å². The molecule has 6 nitrogen and oxygen atoms in total. The molecular formula is C21H21Cl2N3O3. The number of rotatable bonds is 3. The topological polar surface area (TPSA) is 53.1 Å². The van der Waals surface area contributed by atoms with E-state index in [0.717, 1.165) is 11.3 Å². The average Bonchev–Trinajstić information content (AvgIpc) is 2.72. The highest BCUT2D eigenvalue weighted by Gasteiger charge is 2.30. The van der Waals surface area contributed by atoms with Gasteiger partial charge in [0, 0.05) is 41.9 Å². The summed E-state index contributed by atoms with van der Waals surface area (Å²) in [6, 6.07) is 10.9. The molecule has 0 bridgehead atoms. The molecule has 0 aromatic heterocycles. The van der Waals surface area contributed by atoms with Crippen molar-refractivity contribution in [2.24, 2.45) is 0 Å². The zero-order valence-corrected chi connectivity index (χ0v) is 17.5. The van der Waals surface area contributed by atoms with Crippen molar-refractivity contribution in [3.05, 3.63) is 52.0 Å². The van der Waals surface area contributed by atoms with E-state index in [0.29, 0.717) is 47.7 Å². The van der Waals surface area contributed by atoms with Crippen LogP contribution in [0.3, 0.4) is 0 Å². The molecule has 152 valence electrons. The van der Waals surface area contributed by atoms with E-state index in [4.69, 9.17) is 27.9 Å². The fourth-order valence-electron chi connectivity index (χ4n) is 3.70. The van der Waals surface area contributed by atoms with Crippen LogP contribution in [0.4, 0.5) is 11.4 Å². The Labute approximate surface area is 179 Å². The van der Waals surface area contributed by atoms with E-state index in [1.165, 1.54) is 4.90 Å². The number of hydrogen-bond acceptors (Lipinski definition) is 4. The third-order valence-electron chi connectivity index (χ3n) is 5.30. The summed E-state index contributed by atoms with van der Waals surface area (Å²) in [5, 5.41) is 1.19. The number of halogens is 2. The second-order valence-electron chi connectivity index (χ2n) is 7.18. The van der Waals surface area contributed by atoms with E-state index in [-0.39, 0.29) is 25.0 Å². The summed E-state index contributed by atoms with van der Waals surface area (Å²) in [5.41, 5.74) is 2.79. The van der Waals surface area contributed by atoms with Gasteiger partial charge in [0.2, 0.25) is 5.91 Å². The molecule has 2 aromatic carbocycles. The van der Waals surface area contributed by atoms with Crippen molar-refractivity contribution in [2.75, 3.05) is 49.1 Å². The fraction of sp³-hybridized carbons (Fsp3) is 0.333. The van der Waals surface area contributed by atoms with Gasteiger partial charge >= 0.3 is 0 Å². The number of piperazine rings is 1. The van der Waals surface area contributed by atoms with Gasteiger partial charge < -0.3 is 14.5 Å². The van der Waals surface area contributed by atoms with Crippen molar-refractivity contribution in [1.82, 2.24) is 4.90 Å². The maximum atomic E-state index is 12.9. The van der Waals surface area contributed by atoms with Gasteiger partial charge in [0.05, 0.1) is 5.69 Å². The number of benzene rings is 2. The summed E-state index contributed by atoms with van der Waals surface area (Å²) in [5.74, 6) is 0.220. The largest absolute Gasteiger partial charge is 0.482 e. The Hall–Kier alpha value is -2.44. The van der Waals surface area contributed by atoms with Crippen molar-refractivity contribution < 1.29 is 14.3 Å². The van der Waals surface area contributed by atoms with Gasteiger partial charge in [-0.1, -0.05) is 29.3 Å². The van der Waals surface area contributed by atoms with Crippen LogP contribution in [0.15, 0.2) is 36.4 Å². The summed E-state index contributed by atoms with van der Waals surface area (Å²) in [6.45, 7) is 4.56. The predicted octanol–water partition coefficient (Wildman–Crippen LogP) is 3.38. The summed E-state index contributed by atoms with van der Waals surface area (Å²) < 4.78 is 5.44. The first kappa shape index (κ1) is 19.9. The van der Waals surface area contributed by atoms with Gasteiger partial charge in [-0.3, -0.25) is 14.5 Å². The van der Waals surface area contributed by atoms with E-state index in [9.17, 15) is 9.59 Å². The number of carbonyl (C=O) groups excluding carboxylic acids is 2. The van der Waals surface area contributed by atoms with Gasteiger partial charge in [0.1, 0.15) is 12.3 Å². The monoisotopic (exact) mass is 433 g/mol. The number of fused-ring (bicyclic) bond motifs is 1. The molecule has 0 atom stereocenters. The zero-order chi connectivity index (χ0) is 20.5. The normalized spacial score (nSPS) is 16.5. The molecule has 1 saturated heterocycles. The van der Waals surface area contributed by atoms with Gasteiger partial charge in [-0.15, -0.1) is 0 Å². The third-order valence-corrected chi connectivity index (χ3v) is 5.77. The predicted molar refractivity (Wildman–Crippen MR) is 114 cm³/mol. The van der Waals surface area contributed by atoms with Crippen LogP contribution in [0.5, 0.6) is 5.75 Å². The van der Waals surface area contributed by atoms with E-state index in [2.05, 4.69) is 11.8 Å². The van der Waals surface area contributed by atoms with Crippen molar-refractivity contribution >= 4 is 46.4 Å². The number of nitrogens with zero attached hydrogens (tertiary/aromatic N) is 3. The molecule has 0 saturated carbocycles. The lowest BCUT2D eigenvalue weighted by atomic mass is 10.1. The molecule has 0 radical (unpaired) electrons. The highest BCUT2D eigenvalue weighted by molar-refractivity contribution is 6.31. The molecular weight excluding hydrogens is 413 g/mol. The Morgan fingerprint density at radius 1 is 1.00 bits per heavy atom. The third kappa shape index (κ3) is 4.14. The molecule has 29 heavy (non-hydrogen) atoms. The van der Waals surface area contributed by atoms with E-state index < -0.39 is 0 Å². The average molecular weight is 434 g/mol. The Morgan fingerprint density at radius 2 is 1.66 bits per heavy atom. The maximum absolute atomic E-state index is 12.9. The minimum atomic E-state index is -0.249. The lowest BCUT2D eigenvalue weighted by Crippen LogP contribution is -2.53. The molecule has 2 aliphatic rings. The van der Waals surface area contributed by atoms with Crippen molar-refractivity contribution in [2.45, 2.75) is 6.92 Å².